The van der Waals surface area contributed by atoms with E-state index in [9.17, 15) is 9.59 Å². The van der Waals surface area contributed by atoms with Gasteiger partial charge in [-0.1, -0.05) is 5.16 Å². The van der Waals surface area contributed by atoms with Gasteiger partial charge in [-0.05, 0) is 39.0 Å². The fourth-order valence-corrected chi connectivity index (χ4v) is 3.27. The number of carbonyl (C=O) groups excluding carboxylic acids is 2. The van der Waals surface area contributed by atoms with Gasteiger partial charge >= 0.3 is 6.03 Å². The van der Waals surface area contributed by atoms with Crippen LogP contribution in [-0.2, 0) is 0 Å². The maximum absolute atomic E-state index is 12.6. The molecule has 2 aliphatic rings. The molecule has 0 radical (unpaired) electrons. The normalized spacial score (nSPS) is 22.0. The van der Waals surface area contributed by atoms with Gasteiger partial charge in [-0.3, -0.25) is 4.79 Å². The molecule has 0 saturated carbocycles. The van der Waals surface area contributed by atoms with E-state index in [1.54, 1.807) is 13.0 Å². The van der Waals surface area contributed by atoms with Crippen LogP contribution in [-0.4, -0.2) is 59.1 Å². The molecule has 3 rings (SSSR count). The van der Waals surface area contributed by atoms with E-state index < -0.39 is 0 Å². The molecule has 0 bridgehead atoms. The van der Waals surface area contributed by atoms with Gasteiger partial charge in [0.25, 0.3) is 5.91 Å². The van der Waals surface area contributed by atoms with Gasteiger partial charge in [-0.25, -0.2) is 4.79 Å². The number of urea groups is 1. The number of likely N-dealkylation sites (tertiary alicyclic amines) is 2. The van der Waals surface area contributed by atoms with Gasteiger partial charge in [0.15, 0.2) is 5.69 Å². The van der Waals surface area contributed by atoms with E-state index in [2.05, 4.69) is 10.5 Å². The molecule has 1 aromatic heterocycles. The zero-order valence-corrected chi connectivity index (χ0v) is 13.6. The predicted octanol–water partition coefficient (Wildman–Crippen LogP) is 1.78. The maximum atomic E-state index is 12.6. The molecule has 2 saturated heterocycles. The zero-order chi connectivity index (χ0) is 16.2. The fraction of sp³-hybridized carbons (Fsp3) is 0.688. The van der Waals surface area contributed by atoms with Crippen molar-refractivity contribution >= 4 is 11.9 Å². The van der Waals surface area contributed by atoms with Crippen LogP contribution in [0.4, 0.5) is 4.79 Å². The number of hydrogen-bond donors (Lipinski definition) is 1. The summed E-state index contributed by atoms with van der Waals surface area (Å²) in [7, 11) is 0. The Kier molecular flexibility index (Phi) is 4.83. The van der Waals surface area contributed by atoms with Crippen molar-refractivity contribution < 1.29 is 14.1 Å². The molecule has 3 heterocycles. The second-order valence-electron chi connectivity index (χ2n) is 6.41. The minimum absolute atomic E-state index is 0.0337. The fourth-order valence-electron chi connectivity index (χ4n) is 3.27. The van der Waals surface area contributed by atoms with E-state index >= 15 is 0 Å². The van der Waals surface area contributed by atoms with Crippen LogP contribution >= 0.6 is 0 Å². The van der Waals surface area contributed by atoms with Crippen LogP contribution in [0.1, 0.15) is 48.4 Å². The van der Waals surface area contributed by atoms with Crippen molar-refractivity contribution in [3.63, 3.8) is 0 Å². The summed E-state index contributed by atoms with van der Waals surface area (Å²) in [6, 6.07) is 1.70. The standard InChI is InChI=1S/C16H24N4O3/c1-12-10-14(18-23-12)15(21)17-13-6-2-3-9-20(11-13)16(22)19-7-4-5-8-19/h10,13H,2-9,11H2,1H3,(H,17,21)/t13-/m0/s1. The Bertz CT molecular complexity index is 565. The highest BCUT2D eigenvalue weighted by molar-refractivity contribution is 5.92. The smallest absolute Gasteiger partial charge is 0.320 e. The Morgan fingerprint density at radius 3 is 2.57 bits per heavy atom. The van der Waals surface area contributed by atoms with Crippen molar-refractivity contribution in [2.45, 2.75) is 45.1 Å². The third-order valence-corrected chi connectivity index (χ3v) is 4.51. The van der Waals surface area contributed by atoms with Crippen LogP contribution in [0.5, 0.6) is 0 Å². The number of aromatic nitrogens is 1. The molecule has 23 heavy (non-hydrogen) atoms. The number of aryl methyl sites for hydroxylation is 1. The minimum Gasteiger partial charge on any atom is -0.361 e. The van der Waals surface area contributed by atoms with Crippen molar-refractivity contribution in [2.24, 2.45) is 0 Å². The van der Waals surface area contributed by atoms with E-state index in [0.29, 0.717) is 18.0 Å². The van der Waals surface area contributed by atoms with Crippen LogP contribution in [0.15, 0.2) is 10.6 Å². The first-order valence-electron chi connectivity index (χ1n) is 8.41. The van der Waals surface area contributed by atoms with E-state index in [4.69, 9.17) is 4.52 Å². The van der Waals surface area contributed by atoms with Gasteiger partial charge < -0.3 is 19.6 Å². The molecule has 1 aromatic rings. The van der Waals surface area contributed by atoms with E-state index in [1.165, 1.54) is 0 Å². The second kappa shape index (κ2) is 7.02. The van der Waals surface area contributed by atoms with E-state index in [0.717, 1.165) is 51.7 Å². The molecule has 1 N–H and O–H groups in total. The van der Waals surface area contributed by atoms with Crippen molar-refractivity contribution in [1.82, 2.24) is 20.3 Å². The second-order valence-corrected chi connectivity index (χ2v) is 6.41. The lowest BCUT2D eigenvalue weighted by Gasteiger charge is -2.29. The maximum Gasteiger partial charge on any atom is 0.320 e. The average Bonchev–Trinajstić information content (AvgIpc) is 3.16. The Balaban J connectivity index is 1.60. The topological polar surface area (TPSA) is 78.7 Å². The van der Waals surface area contributed by atoms with Crippen molar-refractivity contribution in [2.75, 3.05) is 26.2 Å². The van der Waals surface area contributed by atoms with Crippen molar-refractivity contribution in [3.05, 3.63) is 17.5 Å². The summed E-state index contributed by atoms with van der Waals surface area (Å²) in [5.74, 6) is 0.379. The zero-order valence-electron chi connectivity index (χ0n) is 13.6. The third kappa shape index (κ3) is 3.83. The monoisotopic (exact) mass is 320 g/mol. The number of hydrogen-bond acceptors (Lipinski definition) is 4. The summed E-state index contributed by atoms with van der Waals surface area (Å²) in [6.45, 7) is 4.80. The van der Waals surface area contributed by atoms with Gasteiger partial charge in [0.2, 0.25) is 0 Å². The molecule has 0 aliphatic carbocycles. The van der Waals surface area contributed by atoms with Gasteiger partial charge in [0.05, 0.1) is 0 Å². The van der Waals surface area contributed by atoms with Gasteiger partial charge in [0, 0.05) is 38.3 Å². The molecule has 0 unspecified atom stereocenters. The Morgan fingerprint density at radius 2 is 1.87 bits per heavy atom. The molecule has 0 spiro atoms. The summed E-state index contributed by atoms with van der Waals surface area (Å²) >= 11 is 0. The highest BCUT2D eigenvalue weighted by Crippen LogP contribution is 2.16. The first-order valence-corrected chi connectivity index (χ1v) is 8.41. The lowest BCUT2D eigenvalue weighted by molar-refractivity contribution is 0.0915. The first kappa shape index (κ1) is 15.8. The average molecular weight is 320 g/mol. The lowest BCUT2D eigenvalue weighted by atomic mass is 10.1. The van der Waals surface area contributed by atoms with Crippen LogP contribution < -0.4 is 5.32 Å². The Morgan fingerprint density at radius 1 is 1.17 bits per heavy atom. The third-order valence-electron chi connectivity index (χ3n) is 4.51. The Labute approximate surface area is 136 Å². The minimum atomic E-state index is -0.234. The number of amides is 3. The molecular weight excluding hydrogens is 296 g/mol. The van der Waals surface area contributed by atoms with Crippen LogP contribution in [0, 0.1) is 6.92 Å². The number of nitrogens with zero attached hydrogens (tertiary/aromatic N) is 3. The molecule has 2 fully saturated rings. The van der Waals surface area contributed by atoms with Crippen molar-refractivity contribution in [1.29, 1.82) is 0 Å². The highest BCUT2D eigenvalue weighted by atomic mass is 16.5. The van der Waals surface area contributed by atoms with Crippen molar-refractivity contribution in [3.8, 4) is 0 Å². The van der Waals surface area contributed by atoms with Crippen LogP contribution in [0.3, 0.4) is 0 Å². The van der Waals surface area contributed by atoms with Gasteiger partial charge in [-0.2, -0.15) is 0 Å². The number of nitrogens with one attached hydrogen (secondary N) is 1. The summed E-state index contributed by atoms with van der Waals surface area (Å²) in [5.41, 5.74) is 0.296. The van der Waals surface area contributed by atoms with Crippen LogP contribution in [0.2, 0.25) is 0 Å². The van der Waals surface area contributed by atoms with Gasteiger partial charge in [0.1, 0.15) is 5.76 Å². The molecule has 3 amide bonds. The van der Waals surface area contributed by atoms with E-state index in [1.807, 2.05) is 9.80 Å². The summed E-state index contributed by atoms with van der Waals surface area (Å²) in [4.78, 5) is 28.6. The first-order chi connectivity index (χ1) is 11.1. The Hall–Kier alpha value is -2.05. The van der Waals surface area contributed by atoms with E-state index in [-0.39, 0.29) is 18.0 Å². The molecule has 7 heteroatoms. The molecule has 2 aliphatic heterocycles. The SMILES string of the molecule is Cc1cc(C(=O)N[C@H]2CCCCN(C(=O)N3CCCC3)C2)no1. The number of rotatable bonds is 2. The molecule has 0 aromatic carbocycles. The highest BCUT2D eigenvalue weighted by Gasteiger charge is 2.28. The number of carbonyl (C=O) groups is 2. The van der Waals surface area contributed by atoms with Gasteiger partial charge in [-0.15, -0.1) is 0 Å². The molecule has 7 nitrogen and oxygen atoms in total. The lowest BCUT2D eigenvalue weighted by Crippen LogP contribution is -2.48. The molecular formula is C16H24N4O3. The summed E-state index contributed by atoms with van der Waals surface area (Å²) < 4.78 is 4.94. The van der Waals surface area contributed by atoms with Crippen LogP contribution in [0.25, 0.3) is 0 Å². The predicted molar refractivity (Wildman–Crippen MR) is 84.1 cm³/mol. The summed E-state index contributed by atoms with van der Waals surface area (Å²) in [6.07, 6.45) is 5.05. The molecule has 126 valence electrons. The summed E-state index contributed by atoms with van der Waals surface area (Å²) in [5, 5.41) is 6.74. The quantitative estimate of drug-likeness (QED) is 0.901. The largest absolute Gasteiger partial charge is 0.361 e. The molecule has 1 atom stereocenters.